The molecule has 0 saturated heterocycles. The first-order chi connectivity index (χ1) is 7.16. The van der Waals surface area contributed by atoms with E-state index in [-0.39, 0.29) is 21.9 Å². The SMILES string of the molecule is O=C1C(Cl)=C(NO)C(=O)c2ccccc21. The van der Waals surface area contributed by atoms with Gasteiger partial charge in [-0.25, -0.2) is 0 Å². The number of Topliss-reactive ketones (excluding diaryl/α,β-unsaturated/α-hetero) is 2. The maximum atomic E-state index is 11.7. The lowest BCUT2D eigenvalue weighted by Crippen LogP contribution is -2.27. The van der Waals surface area contributed by atoms with Crippen LogP contribution in [0.1, 0.15) is 20.7 Å². The molecule has 2 rings (SSSR count). The minimum Gasteiger partial charge on any atom is -0.291 e. The quantitative estimate of drug-likeness (QED) is 0.708. The van der Waals surface area contributed by atoms with Crippen molar-refractivity contribution in [2.75, 3.05) is 0 Å². The van der Waals surface area contributed by atoms with Gasteiger partial charge in [0, 0.05) is 11.1 Å². The van der Waals surface area contributed by atoms with Crippen molar-refractivity contribution in [3.63, 3.8) is 0 Å². The number of carbonyl (C=O) groups is 2. The Hall–Kier alpha value is -1.65. The minimum absolute atomic E-state index is 0.239. The van der Waals surface area contributed by atoms with Crippen molar-refractivity contribution >= 4 is 23.2 Å². The molecule has 0 heterocycles. The number of hydroxylamine groups is 1. The van der Waals surface area contributed by atoms with Crippen LogP contribution in [0.15, 0.2) is 35.0 Å². The van der Waals surface area contributed by atoms with Crippen molar-refractivity contribution in [3.05, 3.63) is 46.1 Å². The zero-order chi connectivity index (χ0) is 11.0. The molecule has 1 aromatic rings. The maximum Gasteiger partial charge on any atom is 0.213 e. The smallest absolute Gasteiger partial charge is 0.213 e. The molecular formula is C10H6ClNO3. The molecule has 0 aliphatic heterocycles. The maximum absolute atomic E-state index is 11.7. The number of benzene rings is 1. The molecule has 5 heteroatoms. The molecule has 1 aromatic carbocycles. The number of ketones is 2. The van der Waals surface area contributed by atoms with Gasteiger partial charge in [0.25, 0.3) is 0 Å². The monoisotopic (exact) mass is 223 g/mol. The Kier molecular flexibility index (Phi) is 2.30. The van der Waals surface area contributed by atoms with Gasteiger partial charge in [-0.2, -0.15) is 0 Å². The fourth-order valence-corrected chi connectivity index (χ4v) is 1.67. The third-order valence-corrected chi connectivity index (χ3v) is 2.53. The number of nitrogens with one attached hydrogen (secondary N) is 1. The second-order valence-electron chi connectivity index (χ2n) is 3.00. The van der Waals surface area contributed by atoms with Crippen molar-refractivity contribution in [1.29, 1.82) is 0 Å². The molecule has 4 nitrogen and oxygen atoms in total. The summed E-state index contributed by atoms with van der Waals surface area (Å²) in [6.07, 6.45) is 0. The first kappa shape index (κ1) is 9.89. The molecule has 0 saturated carbocycles. The first-order valence-corrected chi connectivity index (χ1v) is 4.53. The summed E-state index contributed by atoms with van der Waals surface area (Å²) in [6.45, 7) is 0. The highest BCUT2D eigenvalue weighted by atomic mass is 35.5. The zero-order valence-electron chi connectivity index (χ0n) is 7.45. The van der Waals surface area contributed by atoms with Gasteiger partial charge in [0.1, 0.15) is 10.7 Å². The fraction of sp³-hybridized carbons (Fsp3) is 0. The molecular weight excluding hydrogens is 218 g/mol. The third-order valence-electron chi connectivity index (χ3n) is 2.17. The number of hydrogen-bond donors (Lipinski definition) is 2. The standard InChI is InChI=1S/C10H6ClNO3/c11-7-8(12-15)10(14)6-4-2-1-3-5(6)9(7)13/h1-4,12,15H. The van der Waals surface area contributed by atoms with Crippen LogP contribution in [0.4, 0.5) is 0 Å². The van der Waals surface area contributed by atoms with E-state index in [4.69, 9.17) is 16.8 Å². The van der Waals surface area contributed by atoms with E-state index in [0.29, 0.717) is 0 Å². The highest BCUT2D eigenvalue weighted by Gasteiger charge is 2.30. The number of halogens is 1. The summed E-state index contributed by atoms with van der Waals surface area (Å²) in [5, 5.41) is 8.42. The van der Waals surface area contributed by atoms with Crippen LogP contribution in [0.3, 0.4) is 0 Å². The lowest BCUT2D eigenvalue weighted by molar-refractivity contribution is 0.0933. The van der Waals surface area contributed by atoms with Crippen molar-refractivity contribution < 1.29 is 14.8 Å². The van der Waals surface area contributed by atoms with Crippen LogP contribution < -0.4 is 5.48 Å². The van der Waals surface area contributed by atoms with Crippen LogP contribution in [0.2, 0.25) is 0 Å². The second kappa shape index (κ2) is 3.49. The fourth-order valence-electron chi connectivity index (χ4n) is 1.45. The van der Waals surface area contributed by atoms with Crippen molar-refractivity contribution in [2.45, 2.75) is 0 Å². The van der Waals surface area contributed by atoms with Gasteiger partial charge in [-0.1, -0.05) is 35.9 Å². The zero-order valence-corrected chi connectivity index (χ0v) is 8.21. The molecule has 0 amide bonds. The van der Waals surface area contributed by atoms with E-state index in [2.05, 4.69) is 0 Å². The van der Waals surface area contributed by atoms with Gasteiger partial charge in [0.15, 0.2) is 0 Å². The molecule has 15 heavy (non-hydrogen) atoms. The predicted molar refractivity (Wildman–Crippen MR) is 52.9 cm³/mol. The molecule has 1 aliphatic carbocycles. The summed E-state index contributed by atoms with van der Waals surface area (Å²) in [5.41, 5.74) is 1.87. The summed E-state index contributed by atoms with van der Waals surface area (Å²) in [4.78, 5) is 23.3. The Morgan fingerprint density at radius 1 is 1.07 bits per heavy atom. The summed E-state index contributed by atoms with van der Waals surface area (Å²) in [5.74, 6) is -0.957. The summed E-state index contributed by atoms with van der Waals surface area (Å²) < 4.78 is 0. The van der Waals surface area contributed by atoms with E-state index < -0.39 is 11.6 Å². The molecule has 0 radical (unpaired) electrons. The molecule has 0 fully saturated rings. The topological polar surface area (TPSA) is 66.4 Å². The van der Waals surface area contributed by atoms with Gasteiger partial charge in [0.05, 0.1) is 0 Å². The molecule has 0 bridgehead atoms. The average Bonchev–Trinajstić information content (AvgIpc) is 2.27. The van der Waals surface area contributed by atoms with Crippen molar-refractivity contribution in [2.24, 2.45) is 0 Å². The van der Waals surface area contributed by atoms with E-state index >= 15 is 0 Å². The van der Waals surface area contributed by atoms with Gasteiger partial charge in [-0.3, -0.25) is 20.3 Å². The number of hydrogen-bond acceptors (Lipinski definition) is 4. The van der Waals surface area contributed by atoms with Crippen LogP contribution in [0, 0.1) is 0 Å². The normalized spacial score (nSPS) is 15.3. The largest absolute Gasteiger partial charge is 0.291 e. The Bertz CT molecular complexity index is 493. The number of allylic oxidation sites excluding steroid dienone is 2. The van der Waals surface area contributed by atoms with Gasteiger partial charge < -0.3 is 0 Å². The van der Waals surface area contributed by atoms with Crippen LogP contribution in [0.5, 0.6) is 0 Å². The molecule has 0 unspecified atom stereocenters. The van der Waals surface area contributed by atoms with Gasteiger partial charge in [-0.15, -0.1) is 0 Å². The van der Waals surface area contributed by atoms with Crippen LogP contribution >= 0.6 is 11.6 Å². The van der Waals surface area contributed by atoms with E-state index in [0.717, 1.165) is 0 Å². The summed E-state index contributed by atoms with van der Waals surface area (Å²) in [7, 11) is 0. The summed E-state index contributed by atoms with van der Waals surface area (Å²) >= 11 is 5.64. The van der Waals surface area contributed by atoms with E-state index in [9.17, 15) is 9.59 Å². The first-order valence-electron chi connectivity index (χ1n) is 4.15. The van der Waals surface area contributed by atoms with Crippen LogP contribution in [-0.4, -0.2) is 16.8 Å². The van der Waals surface area contributed by atoms with E-state index in [1.807, 2.05) is 0 Å². The lowest BCUT2D eigenvalue weighted by atomic mass is 9.93. The predicted octanol–water partition coefficient (Wildman–Crippen LogP) is 1.49. The molecule has 2 N–H and O–H groups in total. The minimum atomic E-state index is -0.488. The molecule has 0 spiro atoms. The average molecular weight is 224 g/mol. The highest BCUT2D eigenvalue weighted by molar-refractivity contribution is 6.49. The molecule has 0 atom stereocenters. The Morgan fingerprint density at radius 3 is 2.13 bits per heavy atom. The number of fused-ring (bicyclic) bond motifs is 1. The van der Waals surface area contributed by atoms with Crippen LogP contribution in [-0.2, 0) is 0 Å². The Labute approximate surface area is 90.1 Å². The molecule has 0 aromatic heterocycles. The summed E-state index contributed by atoms with van der Waals surface area (Å²) in [6, 6.07) is 6.31. The van der Waals surface area contributed by atoms with Gasteiger partial charge in [-0.05, 0) is 0 Å². The number of rotatable bonds is 1. The molecule has 76 valence electrons. The van der Waals surface area contributed by atoms with E-state index in [1.54, 1.807) is 17.6 Å². The van der Waals surface area contributed by atoms with Gasteiger partial charge >= 0.3 is 0 Å². The number of carbonyl (C=O) groups excluding carboxylic acids is 2. The highest BCUT2D eigenvalue weighted by Crippen LogP contribution is 2.26. The Morgan fingerprint density at radius 2 is 1.60 bits per heavy atom. The third kappa shape index (κ3) is 1.35. The molecule has 1 aliphatic rings. The van der Waals surface area contributed by atoms with Crippen molar-refractivity contribution in [1.82, 2.24) is 5.48 Å². The van der Waals surface area contributed by atoms with E-state index in [1.165, 1.54) is 12.1 Å². The second-order valence-corrected chi connectivity index (χ2v) is 3.38. The van der Waals surface area contributed by atoms with Gasteiger partial charge in [0.2, 0.25) is 11.6 Å². The van der Waals surface area contributed by atoms with Crippen LogP contribution in [0.25, 0.3) is 0 Å². The Balaban J connectivity index is 2.68. The lowest BCUT2D eigenvalue weighted by Gasteiger charge is -2.15. The van der Waals surface area contributed by atoms with Crippen molar-refractivity contribution in [3.8, 4) is 0 Å².